The van der Waals surface area contributed by atoms with Crippen molar-refractivity contribution in [1.29, 1.82) is 0 Å². The maximum atomic E-state index is 11.8. The summed E-state index contributed by atoms with van der Waals surface area (Å²) in [6.07, 6.45) is 3.13. The van der Waals surface area contributed by atoms with Gasteiger partial charge in [0.2, 0.25) is 0 Å². The number of hydrogen-bond acceptors (Lipinski definition) is 3. The molecule has 0 radical (unpaired) electrons. The van der Waals surface area contributed by atoms with Gasteiger partial charge >= 0.3 is 0 Å². The first-order chi connectivity index (χ1) is 7.66. The van der Waals surface area contributed by atoms with Gasteiger partial charge < -0.3 is 5.32 Å². The Bertz CT molecular complexity index is 506. The van der Waals surface area contributed by atoms with E-state index in [0.717, 1.165) is 0 Å². The molecule has 0 aromatic carbocycles. The fourth-order valence-electron chi connectivity index (χ4n) is 1.20. The minimum Gasteiger partial charge on any atom is -0.307 e. The molecule has 0 aliphatic carbocycles. The van der Waals surface area contributed by atoms with Crippen LogP contribution in [0.3, 0.4) is 0 Å². The Hall–Kier alpha value is -1.69. The average molecular weight is 281 g/mol. The lowest BCUT2D eigenvalue weighted by Gasteiger charge is -2.04. The van der Waals surface area contributed by atoms with Crippen molar-refractivity contribution in [2.45, 2.75) is 0 Å². The highest BCUT2D eigenvalue weighted by molar-refractivity contribution is 9.10. The Morgan fingerprint density at radius 3 is 2.81 bits per heavy atom. The Labute approximate surface area is 101 Å². The molecule has 6 heteroatoms. The fourth-order valence-corrected chi connectivity index (χ4v) is 1.43. The third-order valence-corrected chi connectivity index (χ3v) is 2.52. The van der Waals surface area contributed by atoms with E-state index in [2.05, 4.69) is 31.3 Å². The van der Waals surface area contributed by atoms with E-state index in [1.165, 1.54) is 6.20 Å². The number of hydrogen-bond donors (Lipinski definition) is 1. The van der Waals surface area contributed by atoms with E-state index in [1.54, 1.807) is 36.1 Å². The number of anilines is 1. The van der Waals surface area contributed by atoms with Gasteiger partial charge in [-0.1, -0.05) is 0 Å². The molecule has 0 unspecified atom stereocenters. The highest BCUT2D eigenvalue weighted by Crippen LogP contribution is 2.09. The fraction of sp³-hybridized carbons (Fsp3) is 0.100. The molecule has 1 amide bonds. The van der Waals surface area contributed by atoms with Gasteiger partial charge in [-0.15, -0.1) is 0 Å². The van der Waals surface area contributed by atoms with Crippen molar-refractivity contribution in [3.05, 3.63) is 40.8 Å². The third kappa shape index (κ3) is 2.27. The van der Waals surface area contributed by atoms with Crippen LogP contribution in [0.15, 0.2) is 35.2 Å². The van der Waals surface area contributed by atoms with Gasteiger partial charge in [-0.3, -0.25) is 9.48 Å². The minimum absolute atomic E-state index is 0.205. The van der Waals surface area contributed by atoms with Crippen LogP contribution in [-0.4, -0.2) is 20.7 Å². The normalized spacial score (nSPS) is 10.1. The molecule has 0 aliphatic rings. The van der Waals surface area contributed by atoms with Crippen molar-refractivity contribution in [1.82, 2.24) is 14.8 Å². The van der Waals surface area contributed by atoms with E-state index < -0.39 is 0 Å². The van der Waals surface area contributed by atoms with Gasteiger partial charge in [0.25, 0.3) is 5.91 Å². The molecule has 16 heavy (non-hydrogen) atoms. The zero-order valence-electron chi connectivity index (χ0n) is 8.51. The molecule has 0 fully saturated rings. The van der Waals surface area contributed by atoms with Crippen LogP contribution in [0.2, 0.25) is 0 Å². The number of rotatable bonds is 2. The molecule has 0 atom stereocenters. The van der Waals surface area contributed by atoms with Gasteiger partial charge in [-0.05, 0) is 28.1 Å². The van der Waals surface area contributed by atoms with Gasteiger partial charge in [0.15, 0.2) is 0 Å². The average Bonchev–Trinajstić information content (AvgIpc) is 2.65. The maximum Gasteiger partial charge on any atom is 0.258 e. The molecular formula is C10H9BrN4O. The lowest BCUT2D eigenvalue weighted by atomic mass is 10.3. The van der Waals surface area contributed by atoms with Crippen molar-refractivity contribution in [2.24, 2.45) is 7.05 Å². The van der Waals surface area contributed by atoms with Gasteiger partial charge in [-0.2, -0.15) is 5.10 Å². The summed E-state index contributed by atoms with van der Waals surface area (Å²) in [5.41, 5.74) is 0.504. The van der Waals surface area contributed by atoms with E-state index in [-0.39, 0.29) is 5.91 Å². The summed E-state index contributed by atoms with van der Waals surface area (Å²) in [4.78, 5) is 15.8. The maximum absolute atomic E-state index is 11.8. The summed E-state index contributed by atoms with van der Waals surface area (Å²) in [5, 5.41) is 6.69. The SMILES string of the molecule is Cn1nccc1NC(=O)c1ccc(Br)nc1. The van der Waals surface area contributed by atoms with Gasteiger partial charge in [0.05, 0.1) is 11.8 Å². The first-order valence-corrected chi connectivity index (χ1v) is 5.37. The third-order valence-electron chi connectivity index (χ3n) is 2.05. The lowest BCUT2D eigenvalue weighted by molar-refractivity contribution is 0.102. The molecule has 2 rings (SSSR count). The van der Waals surface area contributed by atoms with Crippen molar-refractivity contribution in [3.8, 4) is 0 Å². The van der Waals surface area contributed by atoms with Crippen LogP contribution >= 0.6 is 15.9 Å². The summed E-state index contributed by atoms with van der Waals surface area (Å²) in [5.74, 6) is 0.441. The number of aryl methyl sites for hydroxylation is 1. The van der Waals surface area contributed by atoms with Crippen LogP contribution < -0.4 is 5.32 Å². The van der Waals surface area contributed by atoms with Crippen molar-refractivity contribution in [3.63, 3.8) is 0 Å². The largest absolute Gasteiger partial charge is 0.307 e. The first kappa shape index (κ1) is 10.8. The van der Waals surface area contributed by atoms with E-state index in [1.807, 2.05) is 0 Å². The molecule has 2 aromatic heterocycles. The number of carbonyl (C=O) groups is 1. The minimum atomic E-state index is -0.205. The Morgan fingerprint density at radius 2 is 2.25 bits per heavy atom. The monoisotopic (exact) mass is 280 g/mol. The lowest BCUT2D eigenvalue weighted by Crippen LogP contribution is -2.14. The second-order valence-electron chi connectivity index (χ2n) is 3.16. The molecule has 0 saturated carbocycles. The van der Waals surface area contributed by atoms with Crippen LogP contribution in [0.5, 0.6) is 0 Å². The van der Waals surface area contributed by atoms with E-state index in [4.69, 9.17) is 0 Å². The van der Waals surface area contributed by atoms with Crippen molar-refractivity contribution < 1.29 is 4.79 Å². The Kier molecular flexibility index (Phi) is 3.00. The Morgan fingerprint density at radius 1 is 1.44 bits per heavy atom. The molecule has 2 aromatic rings. The molecule has 0 saturated heterocycles. The van der Waals surface area contributed by atoms with Crippen LogP contribution in [0, 0.1) is 0 Å². The van der Waals surface area contributed by atoms with Gasteiger partial charge in [-0.25, -0.2) is 4.98 Å². The van der Waals surface area contributed by atoms with Crippen molar-refractivity contribution in [2.75, 3.05) is 5.32 Å². The summed E-state index contributed by atoms with van der Waals surface area (Å²) in [6, 6.07) is 5.14. The zero-order chi connectivity index (χ0) is 11.5. The molecule has 2 heterocycles. The van der Waals surface area contributed by atoms with Crippen LogP contribution in [0.1, 0.15) is 10.4 Å². The summed E-state index contributed by atoms with van der Waals surface area (Å²) in [7, 11) is 1.76. The van der Waals surface area contributed by atoms with E-state index in [0.29, 0.717) is 16.0 Å². The highest BCUT2D eigenvalue weighted by Gasteiger charge is 2.08. The molecular weight excluding hydrogens is 272 g/mol. The first-order valence-electron chi connectivity index (χ1n) is 4.58. The standard InChI is InChI=1S/C10H9BrN4O/c1-15-9(4-5-13-15)14-10(16)7-2-3-8(11)12-6-7/h2-6H,1H3,(H,14,16). The molecule has 1 N–H and O–H groups in total. The number of amides is 1. The number of pyridine rings is 1. The number of nitrogens with one attached hydrogen (secondary N) is 1. The van der Waals surface area contributed by atoms with Crippen molar-refractivity contribution >= 4 is 27.7 Å². The molecule has 82 valence electrons. The topological polar surface area (TPSA) is 59.8 Å². The van der Waals surface area contributed by atoms with Gasteiger partial charge in [0.1, 0.15) is 10.4 Å². The second-order valence-corrected chi connectivity index (χ2v) is 3.98. The number of halogens is 1. The molecule has 0 bridgehead atoms. The summed E-state index contributed by atoms with van der Waals surface area (Å²) < 4.78 is 2.29. The van der Waals surface area contributed by atoms with Crippen LogP contribution in [-0.2, 0) is 7.05 Å². The van der Waals surface area contributed by atoms with E-state index >= 15 is 0 Å². The van der Waals surface area contributed by atoms with Crippen LogP contribution in [0.25, 0.3) is 0 Å². The quantitative estimate of drug-likeness (QED) is 0.854. The molecule has 0 spiro atoms. The van der Waals surface area contributed by atoms with E-state index in [9.17, 15) is 4.79 Å². The highest BCUT2D eigenvalue weighted by atomic mass is 79.9. The predicted molar refractivity (Wildman–Crippen MR) is 63.1 cm³/mol. The summed E-state index contributed by atoms with van der Waals surface area (Å²) >= 11 is 3.21. The Balaban J connectivity index is 2.15. The number of nitrogens with zero attached hydrogens (tertiary/aromatic N) is 3. The second kappa shape index (κ2) is 4.44. The van der Waals surface area contributed by atoms with Gasteiger partial charge in [0, 0.05) is 19.3 Å². The zero-order valence-corrected chi connectivity index (χ0v) is 10.1. The smallest absolute Gasteiger partial charge is 0.258 e. The number of carbonyl (C=O) groups excluding carboxylic acids is 1. The molecule has 5 nitrogen and oxygen atoms in total. The summed E-state index contributed by atoms with van der Waals surface area (Å²) in [6.45, 7) is 0. The molecule has 0 aliphatic heterocycles. The van der Waals surface area contributed by atoms with Crippen LogP contribution in [0.4, 0.5) is 5.82 Å². The predicted octanol–water partition coefficient (Wildman–Crippen LogP) is 1.83. The number of aromatic nitrogens is 3.